The smallest absolute Gasteiger partial charge is 0.387 e. The molecule has 6 rings (SSSR count). The highest BCUT2D eigenvalue weighted by Crippen LogP contribution is 2.46. The number of imidazole rings is 1. The van der Waals surface area contributed by atoms with Gasteiger partial charge in [0.2, 0.25) is 5.67 Å². The van der Waals surface area contributed by atoms with Crippen LogP contribution >= 0.6 is 0 Å². The Hall–Kier alpha value is -3.60. The Kier molecular flexibility index (Phi) is 4.99. The molecule has 35 heavy (non-hydrogen) atoms. The molecule has 0 saturated carbocycles. The van der Waals surface area contributed by atoms with Crippen LogP contribution < -0.4 is 4.74 Å². The van der Waals surface area contributed by atoms with E-state index in [4.69, 9.17) is 4.74 Å². The van der Waals surface area contributed by atoms with Crippen LogP contribution in [-0.4, -0.2) is 39.3 Å². The monoisotopic (exact) mass is 488 g/mol. The largest absolute Gasteiger partial charge is 0.434 e. The quantitative estimate of drug-likeness (QED) is 0.351. The van der Waals surface area contributed by atoms with Crippen LogP contribution in [0, 0.1) is 5.82 Å². The minimum absolute atomic E-state index is 0.0347. The number of fused-ring (bicyclic) bond motifs is 3. The molecule has 4 heterocycles. The molecular weight excluding hydrogens is 471 g/mol. The SMILES string of the molecule is Fc1cc2nc3n(c2cc1-c1cnc(C2(F)COC2)nc1)[C@@H](c1ccccc1OC(F)F)CC3F. The summed E-state index contributed by atoms with van der Waals surface area (Å²) in [5.41, 5.74) is -0.366. The van der Waals surface area contributed by atoms with Gasteiger partial charge in [-0.1, -0.05) is 18.2 Å². The average molecular weight is 488 g/mol. The molecule has 1 fully saturated rings. The first-order valence-electron chi connectivity index (χ1n) is 10.8. The van der Waals surface area contributed by atoms with Crippen molar-refractivity contribution in [2.75, 3.05) is 13.2 Å². The van der Waals surface area contributed by atoms with Crippen molar-refractivity contribution in [3.63, 3.8) is 0 Å². The van der Waals surface area contributed by atoms with Gasteiger partial charge >= 0.3 is 6.61 Å². The molecule has 1 unspecified atom stereocenters. The van der Waals surface area contributed by atoms with Crippen LogP contribution in [0.1, 0.15) is 35.8 Å². The zero-order valence-corrected chi connectivity index (χ0v) is 18.0. The van der Waals surface area contributed by atoms with Crippen molar-refractivity contribution in [2.45, 2.75) is 30.9 Å². The molecule has 0 N–H and O–H groups in total. The van der Waals surface area contributed by atoms with Crippen LogP contribution in [0.4, 0.5) is 22.0 Å². The molecule has 2 aliphatic heterocycles. The summed E-state index contributed by atoms with van der Waals surface area (Å²) in [5, 5.41) is 0. The third-order valence-corrected chi connectivity index (χ3v) is 6.35. The van der Waals surface area contributed by atoms with Crippen molar-refractivity contribution in [1.29, 1.82) is 0 Å². The first kappa shape index (κ1) is 21.9. The van der Waals surface area contributed by atoms with E-state index in [1.165, 1.54) is 30.6 Å². The van der Waals surface area contributed by atoms with Crippen molar-refractivity contribution in [3.05, 3.63) is 71.8 Å². The van der Waals surface area contributed by atoms with Crippen molar-refractivity contribution in [2.24, 2.45) is 0 Å². The lowest BCUT2D eigenvalue weighted by Gasteiger charge is -2.31. The van der Waals surface area contributed by atoms with E-state index in [2.05, 4.69) is 19.7 Å². The zero-order valence-electron chi connectivity index (χ0n) is 18.0. The van der Waals surface area contributed by atoms with Crippen LogP contribution in [-0.2, 0) is 10.4 Å². The van der Waals surface area contributed by atoms with Crippen molar-refractivity contribution < 1.29 is 31.4 Å². The molecule has 1 saturated heterocycles. The second-order valence-electron chi connectivity index (χ2n) is 8.55. The molecule has 0 spiro atoms. The van der Waals surface area contributed by atoms with Crippen molar-refractivity contribution >= 4 is 11.0 Å². The number of halogens is 5. The van der Waals surface area contributed by atoms with Crippen molar-refractivity contribution in [3.8, 4) is 16.9 Å². The normalized spacial score (nSPS) is 20.7. The Balaban J connectivity index is 1.45. The van der Waals surface area contributed by atoms with Crippen LogP contribution in [0.3, 0.4) is 0 Å². The van der Waals surface area contributed by atoms with E-state index in [0.29, 0.717) is 16.6 Å². The Morgan fingerprint density at radius 1 is 1.11 bits per heavy atom. The highest BCUT2D eigenvalue weighted by molar-refractivity contribution is 5.83. The first-order chi connectivity index (χ1) is 16.8. The summed E-state index contributed by atoms with van der Waals surface area (Å²) in [7, 11) is 0. The van der Waals surface area contributed by atoms with Gasteiger partial charge in [0.25, 0.3) is 0 Å². The fourth-order valence-corrected chi connectivity index (χ4v) is 4.65. The Morgan fingerprint density at radius 2 is 1.86 bits per heavy atom. The van der Waals surface area contributed by atoms with E-state index < -0.39 is 30.3 Å². The number of aromatic nitrogens is 4. The Labute approximate surface area is 195 Å². The van der Waals surface area contributed by atoms with E-state index in [9.17, 15) is 17.6 Å². The number of hydrogen-bond donors (Lipinski definition) is 0. The standard InChI is InChI=1S/C24H17F5N4O2/c25-15-6-17-19(5-14(15)12-8-30-22(31-9-12)24(29)10-34-11-24)33-18(7-16(26)21(33)32-17)13-3-1-2-4-20(13)35-23(27)28/h1-6,8-9,16,18,23H,7,10-11H2/t16?,18-/m1/s1. The molecule has 2 aliphatic rings. The maximum absolute atomic E-state index is 15.0. The summed E-state index contributed by atoms with van der Waals surface area (Å²) in [6, 6.07) is 8.13. The maximum atomic E-state index is 15.0. The lowest BCUT2D eigenvalue weighted by Crippen LogP contribution is -2.43. The van der Waals surface area contributed by atoms with E-state index >= 15 is 4.39 Å². The summed E-state index contributed by atoms with van der Waals surface area (Å²) < 4.78 is 81.5. The Bertz CT molecular complexity index is 1420. The van der Waals surface area contributed by atoms with Crippen LogP contribution in [0.2, 0.25) is 0 Å². The van der Waals surface area contributed by atoms with Gasteiger partial charge in [-0.3, -0.25) is 0 Å². The van der Waals surface area contributed by atoms with Gasteiger partial charge in [-0.25, -0.2) is 28.1 Å². The highest BCUT2D eigenvalue weighted by Gasteiger charge is 2.43. The van der Waals surface area contributed by atoms with Gasteiger partial charge in [-0.05, 0) is 12.1 Å². The first-order valence-corrected chi connectivity index (χ1v) is 10.8. The third kappa shape index (κ3) is 3.53. The highest BCUT2D eigenvalue weighted by atomic mass is 19.3. The summed E-state index contributed by atoms with van der Waals surface area (Å²) in [4.78, 5) is 12.3. The van der Waals surface area contributed by atoms with Crippen LogP contribution in [0.5, 0.6) is 5.75 Å². The number of hydrogen-bond acceptors (Lipinski definition) is 5. The predicted molar refractivity (Wildman–Crippen MR) is 114 cm³/mol. The van der Waals surface area contributed by atoms with E-state index in [-0.39, 0.29) is 48.1 Å². The number of benzene rings is 2. The van der Waals surface area contributed by atoms with Gasteiger partial charge < -0.3 is 14.0 Å². The summed E-state index contributed by atoms with van der Waals surface area (Å²) in [6.45, 7) is -3.33. The molecule has 2 aromatic carbocycles. The second-order valence-corrected chi connectivity index (χ2v) is 8.55. The topological polar surface area (TPSA) is 62.1 Å². The molecule has 0 radical (unpaired) electrons. The Morgan fingerprint density at radius 3 is 2.54 bits per heavy atom. The average Bonchev–Trinajstić information content (AvgIpc) is 3.34. The molecular formula is C24H17F5N4O2. The maximum Gasteiger partial charge on any atom is 0.387 e. The molecule has 2 aromatic heterocycles. The number of rotatable bonds is 5. The molecule has 0 aliphatic carbocycles. The van der Waals surface area contributed by atoms with E-state index in [0.717, 1.165) is 0 Å². The third-order valence-electron chi connectivity index (χ3n) is 6.35. The summed E-state index contributed by atoms with van der Waals surface area (Å²) in [5.74, 6) is -0.679. The van der Waals surface area contributed by atoms with E-state index in [1.54, 1.807) is 22.8 Å². The molecule has 11 heteroatoms. The van der Waals surface area contributed by atoms with Crippen LogP contribution in [0.15, 0.2) is 48.8 Å². The fourth-order valence-electron chi connectivity index (χ4n) is 4.65. The molecule has 180 valence electrons. The van der Waals surface area contributed by atoms with Crippen LogP contribution in [0.25, 0.3) is 22.2 Å². The predicted octanol–water partition coefficient (Wildman–Crippen LogP) is 5.43. The summed E-state index contributed by atoms with van der Waals surface area (Å²) >= 11 is 0. The van der Waals surface area contributed by atoms with Crippen molar-refractivity contribution in [1.82, 2.24) is 19.5 Å². The molecule has 0 amide bonds. The number of para-hydroxylation sites is 1. The van der Waals surface area contributed by atoms with E-state index in [1.807, 2.05) is 0 Å². The summed E-state index contributed by atoms with van der Waals surface area (Å²) in [6.07, 6.45) is 1.11. The van der Waals surface area contributed by atoms with Gasteiger partial charge in [-0.2, -0.15) is 8.78 Å². The zero-order chi connectivity index (χ0) is 24.3. The lowest BCUT2D eigenvalue weighted by atomic mass is 10.0. The van der Waals surface area contributed by atoms with Gasteiger partial charge in [0.15, 0.2) is 12.0 Å². The molecule has 0 bridgehead atoms. The number of alkyl halides is 4. The van der Waals surface area contributed by atoms with Gasteiger partial charge in [-0.15, -0.1) is 0 Å². The fraction of sp³-hybridized carbons (Fsp3) is 0.292. The van der Waals surface area contributed by atoms with Gasteiger partial charge in [0, 0.05) is 41.6 Å². The van der Waals surface area contributed by atoms with Gasteiger partial charge in [0.05, 0.1) is 30.3 Å². The second kappa shape index (κ2) is 7.98. The molecule has 2 atom stereocenters. The molecule has 6 nitrogen and oxygen atoms in total. The minimum Gasteiger partial charge on any atom is -0.434 e. The lowest BCUT2D eigenvalue weighted by molar-refractivity contribution is -0.140. The molecule has 4 aromatic rings. The number of ether oxygens (including phenoxy) is 2. The minimum atomic E-state index is -3.05. The van der Waals surface area contributed by atoms with Gasteiger partial charge in [0.1, 0.15) is 17.4 Å². The number of nitrogens with zero attached hydrogens (tertiary/aromatic N) is 4.